The van der Waals surface area contributed by atoms with Crippen molar-refractivity contribution in [3.8, 4) is 11.5 Å². The van der Waals surface area contributed by atoms with Crippen LogP contribution in [0.15, 0.2) is 42.5 Å². The predicted octanol–water partition coefficient (Wildman–Crippen LogP) is 3.72. The summed E-state index contributed by atoms with van der Waals surface area (Å²) in [5.74, 6) is 1.80. The van der Waals surface area contributed by atoms with Crippen LogP contribution in [0.3, 0.4) is 0 Å². The van der Waals surface area contributed by atoms with E-state index in [1.807, 2.05) is 24.3 Å². The zero-order valence-electron chi connectivity index (χ0n) is 15.6. The second-order valence-electron chi connectivity index (χ2n) is 6.67. The highest BCUT2D eigenvalue weighted by Crippen LogP contribution is 2.25. The number of ether oxygens (including phenoxy) is 2. The molecule has 2 aromatic carbocycles. The number of methoxy groups -OCH3 is 2. The lowest BCUT2D eigenvalue weighted by Crippen LogP contribution is -2.46. The first-order valence-corrected chi connectivity index (χ1v) is 9.46. The highest BCUT2D eigenvalue weighted by atomic mass is 35.5. The minimum absolute atomic E-state index is 0.801. The van der Waals surface area contributed by atoms with E-state index in [0.717, 1.165) is 62.2 Å². The number of nitrogens with zero attached hydrogens (tertiary/aromatic N) is 2. The predicted molar refractivity (Wildman–Crippen MR) is 106 cm³/mol. The van der Waals surface area contributed by atoms with Crippen LogP contribution >= 0.6 is 11.6 Å². The Balaban J connectivity index is 1.48. The average molecular weight is 375 g/mol. The Hall–Kier alpha value is -1.75. The molecular formula is C21H27ClN2O2. The van der Waals surface area contributed by atoms with Gasteiger partial charge in [0.2, 0.25) is 0 Å². The summed E-state index contributed by atoms with van der Waals surface area (Å²) in [6.07, 6.45) is 1.07. The van der Waals surface area contributed by atoms with Gasteiger partial charge in [-0.2, -0.15) is 0 Å². The van der Waals surface area contributed by atoms with Crippen LogP contribution in [-0.4, -0.2) is 56.7 Å². The summed E-state index contributed by atoms with van der Waals surface area (Å²) in [7, 11) is 3.42. The van der Waals surface area contributed by atoms with Gasteiger partial charge in [0.25, 0.3) is 0 Å². The van der Waals surface area contributed by atoms with E-state index >= 15 is 0 Å². The molecule has 0 radical (unpaired) electrons. The van der Waals surface area contributed by atoms with E-state index in [9.17, 15) is 0 Å². The number of rotatable bonds is 7. The van der Waals surface area contributed by atoms with Crippen molar-refractivity contribution in [1.82, 2.24) is 9.80 Å². The molecule has 3 rings (SSSR count). The molecular weight excluding hydrogens is 348 g/mol. The molecule has 0 spiro atoms. The summed E-state index contributed by atoms with van der Waals surface area (Å²) in [5.41, 5.74) is 2.53. The van der Waals surface area contributed by atoms with E-state index < -0.39 is 0 Å². The number of hydrogen-bond acceptors (Lipinski definition) is 4. The van der Waals surface area contributed by atoms with E-state index in [2.05, 4.69) is 28.0 Å². The number of hydrogen-bond donors (Lipinski definition) is 0. The molecule has 0 atom stereocenters. The van der Waals surface area contributed by atoms with Crippen molar-refractivity contribution in [1.29, 1.82) is 0 Å². The van der Waals surface area contributed by atoms with Crippen molar-refractivity contribution in [2.75, 3.05) is 46.9 Å². The third-order valence-electron chi connectivity index (χ3n) is 4.98. The smallest absolute Gasteiger partial charge is 0.123 e. The van der Waals surface area contributed by atoms with Crippen molar-refractivity contribution in [3.05, 3.63) is 58.6 Å². The molecule has 0 aliphatic carbocycles. The molecule has 0 amide bonds. The maximum atomic E-state index is 5.95. The van der Waals surface area contributed by atoms with Gasteiger partial charge in [0.15, 0.2) is 0 Å². The van der Waals surface area contributed by atoms with Crippen molar-refractivity contribution in [2.45, 2.75) is 13.0 Å². The first-order valence-electron chi connectivity index (χ1n) is 9.08. The van der Waals surface area contributed by atoms with Gasteiger partial charge in [-0.15, -0.1) is 0 Å². The Morgan fingerprint density at radius 2 is 1.58 bits per heavy atom. The molecule has 1 aliphatic heterocycles. The number of halogens is 1. The van der Waals surface area contributed by atoms with Gasteiger partial charge in [-0.1, -0.05) is 23.7 Å². The van der Waals surface area contributed by atoms with Crippen LogP contribution in [0.25, 0.3) is 0 Å². The Bertz CT molecular complexity index is 698. The maximum Gasteiger partial charge on any atom is 0.123 e. The Labute approximate surface area is 161 Å². The minimum atomic E-state index is 0.801. The average Bonchev–Trinajstić information content (AvgIpc) is 2.68. The van der Waals surface area contributed by atoms with Gasteiger partial charge in [-0.25, -0.2) is 0 Å². The number of benzene rings is 2. The third kappa shape index (κ3) is 5.13. The topological polar surface area (TPSA) is 24.9 Å². The molecule has 1 saturated heterocycles. The standard InChI is InChI=1S/C21H27ClN2O2/c1-25-20-7-8-21(26-2)18(15-20)16-24-13-11-23(12-14-24)10-9-17-3-5-19(22)6-4-17/h3-8,15H,9-14,16H2,1-2H3. The van der Waals surface area contributed by atoms with Gasteiger partial charge >= 0.3 is 0 Å². The Morgan fingerprint density at radius 3 is 2.23 bits per heavy atom. The highest BCUT2D eigenvalue weighted by molar-refractivity contribution is 6.30. The van der Waals surface area contributed by atoms with Gasteiger partial charge in [-0.05, 0) is 42.3 Å². The fourth-order valence-corrected chi connectivity index (χ4v) is 3.48. The lowest BCUT2D eigenvalue weighted by atomic mass is 10.1. The van der Waals surface area contributed by atoms with Crippen LogP contribution in [0.4, 0.5) is 0 Å². The summed E-state index contributed by atoms with van der Waals surface area (Å²) >= 11 is 5.95. The van der Waals surface area contributed by atoms with Gasteiger partial charge in [0, 0.05) is 49.9 Å². The summed E-state index contributed by atoms with van der Waals surface area (Å²) < 4.78 is 10.9. The van der Waals surface area contributed by atoms with Crippen molar-refractivity contribution < 1.29 is 9.47 Å². The monoisotopic (exact) mass is 374 g/mol. The largest absolute Gasteiger partial charge is 0.497 e. The molecule has 4 nitrogen and oxygen atoms in total. The van der Waals surface area contributed by atoms with Gasteiger partial charge in [0.1, 0.15) is 11.5 Å². The molecule has 0 N–H and O–H groups in total. The second kappa shape index (κ2) is 9.26. The molecule has 1 aliphatic rings. The van der Waals surface area contributed by atoms with E-state index in [1.54, 1.807) is 14.2 Å². The third-order valence-corrected chi connectivity index (χ3v) is 5.23. The Morgan fingerprint density at radius 1 is 0.885 bits per heavy atom. The lowest BCUT2D eigenvalue weighted by Gasteiger charge is -2.35. The molecule has 1 heterocycles. The molecule has 0 aromatic heterocycles. The quantitative estimate of drug-likeness (QED) is 0.737. The first kappa shape index (κ1) is 19.0. The van der Waals surface area contributed by atoms with Crippen LogP contribution in [0.1, 0.15) is 11.1 Å². The summed E-state index contributed by atoms with van der Waals surface area (Å²) in [6.45, 7) is 6.32. The first-order chi connectivity index (χ1) is 12.7. The van der Waals surface area contributed by atoms with Gasteiger partial charge in [0.05, 0.1) is 14.2 Å². The van der Waals surface area contributed by atoms with Crippen LogP contribution in [0.5, 0.6) is 11.5 Å². The van der Waals surface area contributed by atoms with Crippen molar-refractivity contribution >= 4 is 11.6 Å². The van der Waals surface area contributed by atoms with Crippen LogP contribution in [-0.2, 0) is 13.0 Å². The van der Waals surface area contributed by atoms with Crippen molar-refractivity contribution in [2.24, 2.45) is 0 Å². The highest BCUT2D eigenvalue weighted by Gasteiger charge is 2.18. The number of piperazine rings is 1. The summed E-state index contributed by atoms with van der Waals surface area (Å²) in [4.78, 5) is 5.02. The van der Waals surface area contributed by atoms with Gasteiger partial charge < -0.3 is 14.4 Å². The fourth-order valence-electron chi connectivity index (χ4n) is 3.36. The molecule has 0 unspecified atom stereocenters. The maximum absolute atomic E-state index is 5.95. The SMILES string of the molecule is COc1ccc(OC)c(CN2CCN(CCc3ccc(Cl)cc3)CC2)c1. The van der Waals surface area contributed by atoms with Gasteiger partial charge in [-0.3, -0.25) is 4.90 Å². The van der Waals surface area contributed by atoms with Crippen LogP contribution < -0.4 is 9.47 Å². The molecule has 1 fully saturated rings. The van der Waals surface area contributed by atoms with E-state index in [-0.39, 0.29) is 0 Å². The molecule has 0 saturated carbocycles. The normalized spacial score (nSPS) is 15.8. The van der Waals surface area contributed by atoms with E-state index in [1.165, 1.54) is 11.1 Å². The fraction of sp³-hybridized carbons (Fsp3) is 0.429. The molecule has 2 aromatic rings. The minimum Gasteiger partial charge on any atom is -0.497 e. The Kier molecular flexibility index (Phi) is 6.78. The van der Waals surface area contributed by atoms with Crippen LogP contribution in [0.2, 0.25) is 5.02 Å². The zero-order chi connectivity index (χ0) is 18.4. The summed E-state index contributed by atoms with van der Waals surface area (Å²) in [6, 6.07) is 14.2. The molecule has 26 heavy (non-hydrogen) atoms. The molecule has 140 valence electrons. The lowest BCUT2D eigenvalue weighted by molar-refractivity contribution is 0.127. The molecule has 0 bridgehead atoms. The zero-order valence-corrected chi connectivity index (χ0v) is 16.3. The van der Waals surface area contributed by atoms with Crippen molar-refractivity contribution in [3.63, 3.8) is 0 Å². The van der Waals surface area contributed by atoms with E-state index in [4.69, 9.17) is 21.1 Å². The van der Waals surface area contributed by atoms with E-state index in [0.29, 0.717) is 0 Å². The molecule has 5 heteroatoms. The summed E-state index contributed by atoms with van der Waals surface area (Å²) in [5, 5.41) is 0.801. The second-order valence-corrected chi connectivity index (χ2v) is 7.11. The van der Waals surface area contributed by atoms with Crippen LogP contribution in [0, 0.1) is 0 Å².